The molecular weight excluding hydrogens is 454 g/mol. The molecule has 3 heterocycles. The second kappa shape index (κ2) is 12.0. The lowest BCUT2D eigenvalue weighted by Crippen LogP contribution is -2.29. The summed E-state index contributed by atoms with van der Waals surface area (Å²) in [5, 5.41) is 18.4. The summed E-state index contributed by atoms with van der Waals surface area (Å²) in [7, 11) is 1.72. The van der Waals surface area contributed by atoms with Gasteiger partial charge in [-0.25, -0.2) is 14.5 Å². The second-order valence-electron chi connectivity index (χ2n) is 7.72. The molecule has 184 valence electrons. The van der Waals surface area contributed by atoms with E-state index in [0.29, 0.717) is 29.7 Å². The van der Waals surface area contributed by atoms with Gasteiger partial charge in [-0.2, -0.15) is 0 Å². The van der Waals surface area contributed by atoms with Gasteiger partial charge in [0, 0.05) is 12.6 Å². The summed E-state index contributed by atoms with van der Waals surface area (Å²) in [5.41, 5.74) is 1.82. The molecule has 0 aliphatic carbocycles. The zero-order valence-electron chi connectivity index (χ0n) is 19.5. The van der Waals surface area contributed by atoms with Crippen molar-refractivity contribution in [2.75, 3.05) is 11.9 Å². The van der Waals surface area contributed by atoms with Gasteiger partial charge >= 0.3 is 12.6 Å². The van der Waals surface area contributed by atoms with Gasteiger partial charge in [-0.3, -0.25) is 5.32 Å². The SMILES string of the molecule is CCC1CCCOC(OC(=O)Nc2cccc(CO/N=C(/c3ccccc3)c3nnnn3C)n2)O1. The van der Waals surface area contributed by atoms with E-state index in [9.17, 15) is 4.79 Å². The number of amides is 1. The number of anilines is 1. The summed E-state index contributed by atoms with van der Waals surface area (Å²) in [6.45, 7) is 1.49. The number of pyridine rings is 1. The van der Waals surface area contributed by atoms with Crippen molar-refractivity contribution < 1.29 is 23.8 Å². The quantitative estimate of drug-likeness (QED) is 0.380. The number of hydrogen-bond donors (Lipinski definition) is 1. The average molecular weight is 482 g/mol. The van der Waals surface area contributed by atoms with E-state index >= 15 is 0 Å². The first kappa shape index (κ1) is 24.2. The Balaban J connectivity index is 1.37. The van der Waals surface area contributed by atoms with Crippen LogP contribution in [-0.4, -0.2) is 56.2 Å². The molecule has 0 bridgehead atoms. The van der Waals surface area contributed by atoms with Crippen LogP contribution < -0.4 is 5.32 Å². The molecule has 2 unspecified atom stereocenters. The molecule has 4 rings (SSSR count). The van der Waals surface area contributed by atoms with E-state index in [-0.39, 0.29) is 12.7 Å². The zero-order valence-corrected chi connectivity index (χ0v) is 19.5. The minimum Gasteiger partial charge on any atom is -0.394 e. The first-order valence-electron chi connectivity index (χ1n) is 11.3. The molecule has 3 aromatic rings. The van der Waals surface area contributed by atoms with Crippen molar-refractivity contribution in [3.63, 3.8) is 0 Å². The highest BCUT2D eigenvalue weighted by molar-refractivity contribution is 6.10. The maximum Gasteiger partial charge on any atom is 0.416 e. The minimum absolute atomic E-state index is 0.00689. The molecule has 35 heavy (non-hydrogen) atoms. The molecule has 12 nitrogen and oxygen atoms in total. The van der Waals surface area contributed by atoms with Crippen LogP contribution in [0.5, 0.6) is 0 Å². The van der Waals surface area contributed by atoms with E-state index < -0.39 is 12.6 Å². The number of nitrogens with zero attached hydrogens (tertiary/aromatic N) is 6. The number of carbonyl (C=O) groups excluding carboxylic acids is 1. The van der Waals surface area contributed by atoms with Gasteiger partial charge in [0.05, 0.1) is 18.4 Å². The van der Waals surface area contributed by atoms with Gasteiger partial charge in [0.2, 0.25) is 5.82 Å². The highest BCUT2D eigenvalue weighted by atomic mass is 16.9. The molecule has 1 aromatic carbocycles. The summed E-state index contributed by atoms with van der Waals surface area (Å²) in [5.74, 6) is 0.747. The molecule has 1 fully saturated rings. The molecular formula is C23H27N7O5. The Morgan fingerprint density at radius 3 is 2.86 bits per heavy atom. The smallest absolute Gasteiger partial charge is 0.394 e. The highest BCUT2D eigenvalue weighted by Crippen LogP contribution is 2.17. The first-order valence-corrected chi connectivity index (χ1v) is 11.3. The molecule has 1 amide bonds. The molecule has 0 saturated carbocycles. The number of nitrogens with one attached hydrogen (secondary N) is 1. The van der Waals surface area contributed by atoms with Crippen molar-refractivity contribution in [2.45, 2.75) is 45.4 Å². The second-order valence-corrected chi connectivity index (χ2v) is 7.72. The van der Waals surface area contributed by atoms with Crippen LogP contribution in [0.1, 0.15) is 43.3 Å². The lowest BCUT2D eigenvalue weighted by atomic mass is 10.1. The molecule has 0 radical (unpaired) electrons. The maximum absolute atomic E-state index is 12.3. The van der Waals surface area contributed by atoms with Gasteiger partial charge in [-0.1, -0.05) is 48.5 Å². The van der Waals surface area contributed by atoms with Gasteiger partial charge in [-0.15, -0.1) is 5.10 Å². The molecule has 0 spiro atoms. The summed E-state index contributed by atoms with van der Waals surface area (Å²) in [6, 6.07) is 14.6. The average Bonchev–Trinajstić information content (AvgIpc) is 3.15. The van der Waals surface area contributed by atoms with Crippen LogP contribution in [0, 0.1) is 0 Å². The number of carbonyl (C=O) groups is 1. The number of rotatable bonds is 8. The maximum atomic E-state index is 12.3. The molecule has 2 atom stereocenters. The van der Waals surface area contributed by atoms with Crippen LogP contribution in [-0.2, 0) is 32.7 Å². The number of aryl methyl sites for hydroxylation is 1. The first-order chi connectivity index (χ1) is 17.1. The van der Waals surface area contributed by atoms with Crippen LogP contribution in [0.3, 0.4) is 0 Å². The van der Waals surface area contributed by atoms with Crippen molar-refractivity contribution in [1.29, 1.82) is 0 Å². The third-order valence-electron chi connectivity index (χ3n) is 5.17. The lowest BCUT2D eigenvalue weighted by molar-refractivity contribution is -0.266. The molecule has 1 aliphatic heterocycles. The third kappa shape index (κ3) is 6.80. The van der Waals surface area contributed by atoms with Gasteiger partial charge < -0.3 is 19.0 Å². The Hall–Kier alpha value is -3.90. The normalized spacial score (nSPS) is 18.5. The summed E-state index contributed by atoms with van der Waals surface area (Å²) in [4.78, 5) is 22.3. The monoisotopic (exact) mass is 481 g/mol. The van der Waals surface area contributed by atoms with Gasteiger partial charge in [0.15, 0.2) is 12.3 Å². The van der Waals surface area contributed by atoms with Gasteiger partial charge in [-0.05, 0) is 41.8 Å². The number of ether oxygens (including phenoxy) is 3. The fourth-order valence-electron chi connectivity index (χ4n) is 3.38. The minimum atomic E-state index is -1.05. The van der Waals surface area contributed by atoms with E-state index in [2.05, 4.69) is 31.0 Å². The van der Waals surface area contributed by atoms with Gasteiger partial charge in [0.1, 0.15) is 5.82 Å². The van der Waals surface area contributed by atoms with Crippen molar-refractivity contribution in [1.82, 2.24) is 25.2 Å². The van der Waals surface area contributed by atoms with Crippen LogP contribution in [0.4, 0.5) is 10.6 Å². The summed E-state index contributed by atoms with van der Waals surface area (Å²) >= 11 is 0. The Morgan fingerprint density at radius 1 is 1.23 bits per heavy atom. The van der Waals surface area contributed by atoms with Crippen molar-refractivity contribution in [3.05, 3.63) is 65.6 Å². The van der Waals surface area contributed by atoms with E-state index in [0.717, 1.165) is 24.8 Å². The fourth-order valence-corrected chi connectivity index (χ4v) is 3.38. The predicted octanol–water partition coefficient (Wildman–Crippen LogP) is 3.01. The third-order valence-corrected chi connectivity index (χ3v) is 5.17. The van der Waals surface area contributed by atoms with Crippen molar-refractivity contribution >= 4 is 17.6 Å². The molecule has 1 N–H and O–H groups in total. The predicted molar refractivity (Wildman–Crippen MR) is 124 cm³/mol. The zero-order chi connectivity index (χ0) is 24.5. The van der Waals surface area contributed by atoms with Crippen LogP contribution in [0.15, 0.2) is 53.7 Å². The molecule has 12 heteroatoms. The molecule has 1 aliphatic rings. The number of aromatic nitrogens is 5. The standard InChI is InChI=1S/C23H27N7O5/c1-3-18-12-8-14-32-23(34-18)35-22(31)25-19-13-7-11-17(24-19)15-33-27-20(16-9-5-4-6-10-16)21-26-28-29-30(21)2/h4-7,9-11,13,18,23H,3,8,12,14-15H2,1-2H3,(H,24,25,31)/b27-20-. The van der Waals surface area contributed by atoms with Gasteiger partial charge in [0.25, 0.3) is 0 Å². The number of benzene rings is 1. The van der Waals surface area contributed by atoms with Crippen LogP contribution >= 0.6 is 0 Å². The Labute approximate surface area is 202 Å². The van der Waals surface area contributed by atoms with Crippen molar-refractivity contribution in [3.8, 4) is 0 Å². The Bertz CT molecular complexity index is 1140. The van der Waals surface area contributed by atoms with E-state index in [4.69, 9.17) is 19.0 Å². The van der Waals surface area contributed by atoms with E-state index in [1.165, 1.54) is 4.68 Å². The molecule has 2 aromatic heterocycles. The molecule has 1 saturated heterocycles. The number of hydrogen-bond acceptors (Lipinski definition) is 10. The largest absolute Gasteiger partial charge is 0.416 e. The topological polar surface area (TPSA) is 135 Å². The number of tetrazole rings is 1. The summed E-state index contributed by atoms with van der Waals surface area (Å²) in [6.07, 6.45) is 1.80. The Morgan fingerprint density at radius 2 is 2.09 bits per heavy atom. The fraction of sp³-hybridized carbons (Fsp3) is 0.391. The Kier molecular flexibility index (Phi) is 8.30. The number of oxime groups is 1. The van der Waals surface area contributed by atoms with Crippen LogP contribution in [0.2, 0.25) is 0 Å². The van der Waals surface area contributed by atoms with Crippen LogP contribution in [0.25, 0.3) is 0 Å². The summed E-state index contributed by atoms with van der Waals surface area (Å²) < 4.78 is 17.9. The lowest BCUT2D eigenvalue weighted by Gasteiger charge is -2.19. The van der Waals surface area contributed by atoms with Crippen molar-refractivity contribution in [2.24, 2.45) is 12.2 Å². The van der Waals surface area contributed by atoms with E-state index in [1.54, 1.807) is 25.2 Å². The van der Waals surface area contributed by atoms with E-state index in [1.807, 2.05) is 37.3 Å². The highest BCUT2D eigenvalue weighted by Gasteiger charge is 2.23.